The molecule has 1 aromatic carbocycles. The molecule has 0 radical (unpaired) electrons. The van der Waals surface area contributed by atoms with Crippen molar-refractivity contribution in [3.63, 3.8) is 0 Å². The Bertz CT molecular complexity index is 531. The van der Waals surface area contributed by atoms with Crippen molar-refractivity contribution in [2.45, 2.75) is 13.3 Å². The molecule has 124 valence electrons. The van der Waals surface area contributed by atoms with E-state index in [1.165, 1.54) is 5.69 Å². The van der Waals surface area contributed by atoms with Gasteiger partial charge < -0.3 is 19.9 Å². The van der Waals surface area contributed by atoms with E-state index >= 15 is 0 Å². The minimum atomic E-state index is -1.68. The van der Waals surface area contributed by atoms with Gasteiger partial charge in [-0.3, -0.25) is 4.90 Å². The summed E-state index contributed by atoms with van der Waals surface area (Å²) in [5.41, 5.74) is 8.92. The number of nitrogens with two attached hydrogens (primary N) is 1. The Kier molecular flexibility index (Phi) is 6.05. The van der Waals surface area contributed by atoms with Crippen LogP contribution in [0.4, 0.5) is 11.4 Å². The van der Waals surface area contributed by atoms with E-state index in [1.807, 2.05) is 12.1 Å². The van der Waals surface area contributed by atoms with Gasteiger partial charge in [0.2, 0.25) is 0 Å². The van der Waals surface area contributed by atoms with Crippen LogP contribution >= 0.6 is 0 Å². The second-order valence-electron chi connectivity index (χ2n) is 5.59. The van der Waals surface area contributed by atoms with Gasteiger partial charge in [-0.1, -0.05) is 0 Å². The lowest BCUT2D eigenvalue weighted by molar-refractivity contribution is 0.258. The van der Waals surface area contributed by atoms with Gasteiger partial charge >= 0.3 is 0 Å². The first-order valence-corrected chi connectivity index (χ1v) is 8.77. The van der Waals surface area contributed by atoms with E-state index < -0.39 is 11.1 Å². The molecule has 7 heteroatoms. The van der Waals surface area contributed by atoms with Crippen LogP contribution in [-0.2, 0) is 11.1 Å². The summed E-state index contributed by atoms with van der Waals surface area (Å²) >= 11 is -1.68. The summed E-state index contributed by atoms with van der Waals surface area (Å²) in [5.74, 6) is 1.07. The normalized spacial score (nSPS) is 17.5. The Balaban J connectivity index is 1.93. The number of piperazine rings is 1. The van der Waals surface area contributed by atoms with Gasteiger partial charge in [-0.2, -0.15) is 0 Å². The summed E-state index contributed by atoms with van der Waals surface area (Å²) in [6, 6.07) is 3.96. The first-order chi connectivity index (χ1) is 10.5. The van der Waals surface area contributed by atoms with Crippen LogP contribution in [0.5, 0.6) is 5.75 Å². The van der Waals surface area contributed by atoms with Gasteiger partial charge in [-0.05, 0) is 31.5 Å². The smallest absolute Gasteiger partial charge is 0.152 e. The topological polar surface area (TPSA) is 79.0 Å². The third kappa shape index (κ3) is 4.34. The Morgan fingerprint density at radius 2 is 2.00 bits per heavy atom. The maximum Gasteiger partial charge on any atom is 0.152 e. The van der Waals surface area contributed by atoms with E-state index in [0.29, 0.717) is 17.2 Å². The van der Waals surface area contributed by atoms with Crippen LogP contribution in [0.1, 0.15) is 12.0 Å². The molecule has 1 atom stereocenters. The zero-order valence-electron chi connectivity index (χ0n) is 13.2. The number of nitrogens with zero attached hydrogens (tertiary/aromatic N) is 2. The second kappa shape index (κ2) is 7.80. The molecule has 1 unspecified atom stereocenters. The fraction of sp³-hybridized carbons (Fsp3) is 0.600. The number of rotatable bonds is 6. The molecule has 0 aromatic heterocycles. The van der Waals surface area contributed by atoms with Crippen molar-refractivity contribution in [2.24, 2.45) is 0 Å². The van der Waals surface area contributed by atoms with Crippen molar-refractivity contribution < 1.29 is 13.5 Å². The zero-order valence-corrected chi connectivity index (χ0v) is 14.1. The van der Waals surface area contributed by atoms with Gasteiger partial charge in [0.15, 0.2) is 11.1 Å². The van der Waals surface area contributed by atoms with Crippen molar-refractivity contribution in [1.82, 2.24) is 4.90 Å². The van der Waals surface area contributed by atoms with Gasteiger partial charge in [0, 0.05) is 37.9 Å². The van der Waals surface area contributed by atoms with Crippen LogP contribution < -0.4 is 15.4 Å². The van der Waals surface area contributed by atoms with Crippen LogP contribution in [0.2, 0.25) is 0 Å². The van der Waals surface area contributed by atoms with Crippen molar-refractivity contribution >= 4 is 22.5 Å². The SMILES string of the molecule is COc1cc(N2CCN(CCCS(=O)O)CC2)c(C)cc1N. The van der Waals surface area contributed by atoms with Gasteiger partial charge in [0.1, 0.15) is 5.75 Å². The van der Waals surface area contributed by atoms with Gasteiger partial charge in [-0.25, -0.2) is 4.21 Å². The molecule has 1 heterocycles. The van der Waals surface area contributed by atoms with E-state index in [4.69, 9.17) is 15.0 Å². The molecule has 1 aromatic rings. The molecule has 3 N–H and O–H groups in total. The van der Waals surface area contributed by atoms with Crippen LogP contribution in [-0.4, -0.2) is 59.2 Å². The average molecular weight is 327 g/mol. The van der Waals surface area contributed by atoms with Crippen LogP contribution in [0.3, 0.4) is 0 Å². The Hall–Kier alpha value is -1.31. The summed E-state index contributed by atoms with van der Waals surface area (Å²) in [7, 11) is 1.63. The highest BCUT2D eigenvalue weighted by molar-refractivity contribution is 7.79. The summed E-state index contributed by atoms with van der Waals surface area (Å²) in [6.07, 6.45) is 0.762. The Morgan fingerprint density at radius 3 is 2.59 bits per heavy atom. The van der Waals surface area contributed by atoms with E-state index in [9.17, 15) is 4.21 Å². The number of hydrogen-bond donors (Lipinski definition) is 2. The molecular formula is C15H25N3O3S. The quantitative estimate of drug-likeness (QED) is 0.606. The molecule has 22 heavy (non-hydrogen) atoms. The molecule has 0 aliphatic carbocycles. The zero-order chi connectivity index (χ0) is 16.1. The Morgan fingerprint density at radius 1 is 1.32 bits per heavy atom. The number of ether oxygens (including phenoxy) is 1. The van der Waals surface area contributed by atoms with E-state index in [2.05, 4.69) is 16.7 Å². The maximum absolute atomic E-state index is 10.7. The molecule has 0 saturated carbocycles. The Labute approximate surface area is 134 Å². The highest BCUT2D eigenvalue weighted by Crippen LogP contribution is 2.31. The minimum absolute atomic E-state index is 0.356. The van der Waals surface area contributed by atoms with Crippen molar-refractivity contribution in [1.29, 1.82) is 0 Å². The molecule has 2 rings (SSSR count). The van der Waals surface area contributed by atoms with Crippen LogP contribution in [0.25, 0.3) is 0 Å². The molecular weight excluding hydrogens is 302 g/mol. The van der Waals surface area contributed by atoms with Crippen molar-refractivity contribution in [3.05, 3.63) is 17.7 Å². The summed E-state index contributed by atoms with van der Waals surface area (Å²) in [6.45, 7) is 6.75. The van der Waals surface area contributed by atoms with Gasteiger partial charge in [-0.15, -0.1) is 0 Å². The lowest BCUT2D eigenvalue weighted by Crippen LogP contribution is -2.47. The molecule has 1 saturated heterocycles. The van der Waals surface area contributed by atoms with Crippen LogP contribution in [0.15, 0.2) is 12.1 Å². The predicted octanol–water partition coefficient (Wildman–Crippen LogP) is 1.32. The number of methoxy groups -OCH3 is 1. The largest absolute Gasteiger partial charge is 0.495 e. The fourth-order valence-corrected chi connectivity index (χ4v) is 3.22. The summed E-state index contributed by atoms with van der Waals surface area (Å²) in [4.78, 5) is 4.69. The molecule has 0 amide bonds. The summed E-state index contributed by atoms with van der Waals surface area (Å²) in [5, 5.41) is 0. The minimum Gasteiger partial charge on any atom is -0.495 e. The van der Waals surface area contributed by atoms with E-state index in [0.717, 1.165) is 44.7 Å². The third-order valence-electron chi connectivity index (χ3n) is 4.05. The highest BCUT2D eigenvalue weighted by atomic mass is 32.2. The van der Waals surface area contributed by atoms with Gasteiger partial charge in [0.25, 0.3) is 0 Å². The standard InChI is InChI=1S/C15H25N3O3S/c1-12-10-13(16)15(21-2)11-14(12)18-7-5-17(6-8-18)4-3-9-22(19)20/h10-11H,3-9,16H2,1-2H3,(H,19,20). The molecule has 1 aliphatic heterocycles. The predicted molar refractivity (Wildman–Crippen MR) is 91.1 cm³/mol. The highest BCUT2D eigenvalue weighted by Gasteiger charge is 2.19. The second-order valence-corrected chi connectivity index (χ2v) is 6.64. The molecule has 1 fully saturated rings. The van der Waals surface area contributed by atoms with Crippen LogP contribution in [0, 0.1) is 6.92 Å². The lowest BCUT2D eigenvalue weighted by Gasteiger charge is -2.37. The lowest BCUT2D eigenvalue weighted by atomic mass is 10.1. The number of benzene rings is 1. The number of hydrogen-bond acceptors (Lipinski definition) is 5. The number of aryl methyl sites for hydroxylation is 1. The first kappa shape index (κ1) is 17.1. The molecule has 0 bridgehead atoms. The number of anilines is 2. The fourth-order valence-electron chi connectivity index (χ4n) is 2.84. The molecule has 1 aliphatic rings. The average Bonchev–Trinajstić information content (AvgIpc) is 2.48. The third-order valence-corrected chi connectivity index (χ3v) is 4.69. The van der Waals surface area contributed by atoms with Gasteiger partial charge in [0.05, 0.1) is 18.6 Å². The summed E-state index contributed by atoms with van der Waals surface area (Å²) < 4.78 is 24.8. The van der Waals surface area contributed by atoms with E-state index in [-0.39, 0.29) is 0 Å². The maximum atomic E-state index is 10.7. The number of nitrogen functional groups attached to an aromatic ring is 1. The molecule has 6 nitrogen and oxygen atoms in total. The first-order valence-electron chi connectivity index (χ1n) is 7.50. The monoisotopic (exact) mass is 327 g/mol. The van der Waals surface area contributed by atoms with Crippen molar-refractivity contribution in [2.75, 3.05) is 56.2 Å². The van der Waals surface area contributed by atoms with E-state index in [1.54, 1.807) is 7.11 Å². The molecule has 0 spiro atoms. The van der Waals surface area contributed by atoms with Crippen molar-refractivity contribution in [3.8, 4) is 5.75 Å².